The molecule has 11 heteroatoms. The van der Waals surface area contributed by atoms with Crippen LogP contribution in [0.15, 0.2) is 59.4 Å². The highest BCUT2D eigenvalue weighted by molar-refractivity contribution is 5.94. The number of likely N-dealkylation sites (tertiary alicyclic amines) is 1. The molecule has 1 atom stereocenters. The maximum Gasteiger partial charge on any atom is 0.405 e. The zero-order valence-corrected chi connectivity index (χ0v) is 22.3. The summed E-state index contributed by atoms with van der Waals surface area (Å²) in [6, 6.07) is 16.0. The van der Waals surface area contributed by atoms with Gasteiger partial charge in [-0.2, -0.15) is 0 Å². The van der Waals surface area contributed by atoms with Gasteiger partial charge in [-0.05, 0) is 43.4 Å². The summed E-state index contributed by atoms with van der Waals surface area (Å²) in [5.41, 5.74) is 1.13. The molecule has 0 bridgehead atoms. The lowest BCUT2D eigenvalue weighted by Gasteiger charge is -2.36. The third kappa shape index (κ3) is 5.89. The zero-order valence-electron chi connectivity index (χ0n) is 22.3. The number of H-pyrrole nitrogens is 1. The first-order chi connectivity index (χ1) is 19.4. The van der Waals surface area contributed by atoms with Crippen LogP contribution in [0.3, 0.4) is 0 Å². The molecule has 2 aliphatic rings. The summed E-state index contributed by atoms with van der Waals surface area (Å²) < 4.78 is 7.63. The highest BCUT2D eigenvalue weighted by Crippen LogP contribution is 2.30. The summed E-state index contributed by atoms with van der Waals surface area (Å²) in [7, 11) is 0. The topological polar surface area (TPSA) is 146 Å². The number of aromatic amines is 1. The van der Waals surface area contributed by atoms with Gasteiger partial charge in [0.15, 0.2) is 0 Å². The molecule has 4 N–H and O–H groups in total. The van der Waals surface area contributed by atoms with E-state index < -0.39 is 23.6 Å². The molecule has 1 aromatic heterocycles. The summed E-state index contributed by atoms with van der Waals surface area (Å²) in [5.74, 6) is -0.788. The second-order valence-electron chi connectivity index (χ2n) is 10.6. The van der Waals surface area contributed by atoms with Gasteiger partial charge >= 0.3 is 11.8 Å². The molecule has 0 spiro atoms. The van der Waals surface area contributed by atoms with E-state index in [1.165, 1.54) is 0 Å². The van der Waals surface area contributed by atoms with Crippen molar-refractivity contribution >= 4 is 28.9 Å². The fraction of sp³-hybridized carbons (Fsp3) is 0.448. The van der Waals surface area contributed by atoms with Crippen molar-refractivity contribution in [3.05, 3.63) is 70.6 Å². The summed E-state index contributed by atoms with van der Waals surface area (Å²) in [6.45, 7) is 1.05. The van der Waals surface area contributed by atoms with E-state index in [1.807, 2.05) is 54.6 Å². The average molecular weight is 550 g/mol. The molecule has 2 heterocycles. The van der Waals surface area contributed by atoms with Crippen LogP contribution in [0.2, 0.25) is 0 Å². The van der Waals surface area contributed by atoms with Crippen molar-refractivity contribution in [3.63, 3.8) is 0 Å². The first kappa shape index (κ1) is 27.4. The van der Waals surface area contributed by atoms with E-state index in [9.17, 15) is 24.3 Å². The summed E-state index contributed by atoms with van der Waals surface area (Å²) in [6.07, 6.45) is 2.10. The lowest BCUT2D eigenvalue weighted by Crippen LogP contribution is -2.62. The predicted molar refractivity (Wildman–Crippen MR) is 148 cm³/mol. The third-order valence-electron chi connectivity index (χ3n) is 8.00. The number of carbonyl (C=O) groups excluding carboxylic acids is 2. The second-order valence-corrected chi connectivity index (χ2v) is 10.6. The van der Waals surface area contributed by atoms with E-state index in [-0.39, 0.29) is 30.9 Å². The molecular weight excluding hydrogens is 514 g/mol. The molecule has 1 saturated carbocycles. The fourth-order valence-corrected chi connectivity index (χ4v) is 5.93. The monoisotopic (exact) mass is 549 g/mol. The molecule has 5 rings (SSSR count). The van der Waals surface area contributed by atoms with Crippen LogP contribution in [0.25, 0.3) is 11.0 Å². The van der Waals surface area contributed by atoms with Crippen molar-refractivity contribution in [2.24, 2.45) is 0 Å². The van der Waals surface area contributed by atoms with E-state index in [4.69, 9.17) is 4.74 Å². The smallest absolute Gasteiger partial charge is 0.405 e. The van der Waals surface area contributed by atoms with Gasteiger partial charge < -0.3 is 30.4 Å². The highest BCUT2D eigenvalue weighted by Gasteiger charge is 2.44. The largest absolute Gasteiger partial charge is 0.465 e. The van der Waals surface area contributed by atoms with Crippen LogP contribution in [0.5, 0.6) is 0 Å². The number of hydrogen-bond acceptors (Lipinski definition) is 5. The number of nitrogens with zero attached hydrogens (tertiary/aromatic N) is 2. The van der Waals surface area contributed by atoms with Gasteiger partial charge in [0.1, 0.15) is 11.6 Å². The Morgan fingerprint density at radius 3 is 2.40 bits per heavy atom. The average Bonchev–Trinajstić information content (AvgIpc) is 3.56. The number of imidazole rings is 1. The molecule has 2 fully saturated rings. The van der Waals surface area contributed by atoms with Crippen molar-refractivity contribution < 1.29 is 24.2 Å². The number of amides is 3. The molecular formula is C29H35N5O6. The zero-order chi connectivity index (χ0) is 28.1. The standard InChI is InChI=1S/C29H35N5O6/c35-25(33-16-12-21(13-17-33)34-24-11-5-4-10-22(24)31-27(34)37)23(19-40-18-20-8-2-1-3-9-20)30-26(36)29(32-28(38)39)14-6-7-15-29/h1-5,8-11,21,23,32H,6-7,12-19H2,(H,30,36)(H,31,37)(H,38,39). The van der Waals surface area contributed by atoms with Gasteiger partial charge in [0.25, 0.3) is 0 Å². The van der Waals surface area contributed by atoms with Gasteiger partial charge in [-0.25, -0.2) is 9.59 Å². The number of benzene rings is 2. The SMILES string of the molecule is O=C(O)NC1(C(=O)NC(COCc2ccccc2)C(=O)N2CCC(n3c(=O)[nH]c4ccccc43)CC2)CCCC1. The van der Waals surface area contributed by atoms with Crippen molar-refractivity contribution in [2.45, 2.75) is 62.8 Å². The predicted octanol–water partition coefficient (Wildman–Crippen LogP) is 2.78. The molecule has 3 amide bonds. The number of carboxylic acid groups (broad SMARTS) is 1. The molecule has 3 aromatic rings. The van der Waals surface area contributed by atoms with Crippen molar-refractivity contribution in [1.82, 2.24) is 25.1 Å². The number of carbonyl (C=O) groups is 3. The number of hydrogen-bond donors (Lipinski definition) is 4. The second kappa shape index (κ2) is 12.0. The maximum atomic E-state index is 13.7. The normalized spacial score (nSPS) is 17.9. The van der Waals surface area contributed by atoms with Gasteiger partial charge in [0.2, 0.25) is 11.8 Å². The number of fused-ring (bicyclic) bond motifs is 1. The summed E-state index contributed by atoms with van der Waals surface area (Å²) >= 11 is 0. The quantitative estimate of drug-likeness (QED) is 0.323. The van der Waals surface area contributed by atoms with Crippen molar-refractivity contribution in [1.29, 1.82) is 0 Å². The van der Waals surface area contributed by atoms with Crippen LogP contribution in [0.1, 0.15) is 50.1 Å². The van der Waals surface area contributed by atoms with Gasteiger partial charge in [0.05, 0.1) is 24.2 Å². The Balaban J connectivity index is 1.28. The maximum absolute atomic E-state index is 13.7. The first-order valence-corrected chi connectivity index (χ1v) is 13.8. The van der Waals surface area contributed by atoms with Gasteiger partial charge in [-0.3, -0.25) is 14.2 Å². The molecule has 11 nitrogen and oxygen atoms in total. The third-order valence-corrected chi connectivity index (χ3v) is 8.00. The van der Waals surface area contributed by atoms with E-state index in [0.717, 1.165) is 29.4 Å². The summed E-state index contributed by atoms with van der Waals surface area (Å²) in [5, 5.41) is 14.6. The Morgan fingerprint density at radius 1 is 1.02 bits per heavy atom. The number of nitrogens with one attached hydrogen (secondary N) is 3. The number of para-hydroxylation sites is 2. The van der Waals surface area contributed by atoms with Crippen LogP contribution in [0.4, 0.5) is 4.79 Å². The Bertz CT molecular complexity index is 1400. The first-order valence-electron chi connectivity index (χ1n) is 13.8. The minimum Gasteiger partial charge on any atom is -0.465 e. The van der Waals surface area contributed by atoms with Gasteiger partial charge in [-0.1, -0.05) is 55.3 Å². The van der Waals surface area contributed by atoms with Crippen molar-refractivity contribution in [2.75, 3.05) is 19.7 Å². The molecule has 40 heavy (non-hydrogen) atoms. The molecule has 1 saturated heterocycles. The fourth-order valence-electron chi connectivity index (χ4n) is 5.93. The van der Waals surface area contributed by atoms with E-state index in [0.29, 0.717) is 38.8 Å². The molecule has 0 radical (unpaired) electrons. The highest BCUT2D eigenvalue weighted by atomic mass is 16.5. The molecule has 212 valence electrons. The van der Waals surface area contributed by atoms with E-state index in [2.05, 4.69) is 15.6 Å². The van der Waals surface area contributed by atoms with Crippen molar-refractivity contribution in [3.8, 4) is 0 Å². The van der Waals surface area contributed by atoms with Gasteiger partial charge in [0, 0.05) is 19.1 Å². The van der Waals surface area contributed by atoms with E-state index in [1.54, 1.807) is 9.47 Å². The number of ether oxygens (including phenoxy) is 1. The molecule has 2 aromatic carbocycles. The molecule has 1 aliphatic carbocycles. The van der Waals surface area contributed by atoms with Crippen LogP contribution < -0.4 is 16.3 Å². The minimum absolute atomic E-state index is 0.0511. The number of rotatable bonds is 9. The lowest BCUT2D eigenvalue weighted by atomic mass is 9.96. The van der Waals surface area contributed by atoms with Crippen LogP contribution >= 0.6 is 0 Å². The minimum atomic E-state index is -1.27. The Labute approximate surface area is 231 Å². The Morgan fingerprint density at radius 2 is 1.70 bits per heavy atom. The van der Waals surface area contributed by atoms with Crippen LogP contribution in [-0.4, -0.2) is 68.7 Å². The molecule has 1 unspecified atom stereocenters. The summed E-state index contributed by atoms with van der Waals surface area (Å²) in [4.78, 5) is 55.8. The lowest BCUT2D eigenvalue weighted by molar-refractivity contribution is -0.141. The van der Waals surface area contributed by atoms with Crippen LogP contribution in [-0.2, 0) is 20.9 Å². The van der Waals surface area contributed by atoms with Gasteiger partial charge in [-0.15, -0.1) is 0 Å². The molecule has 1 aliphatic heterocycles. The number of piperidine rings is 1. The van der Waals surface area contributed by atoms with E-state index >= 15 is 0 Å². The Hall–Kier alpha value is -4.12. The van der Waals surface area contributed by atoms with Crippen LogP contribution in [0, 0.1) is 0 Å². The Kier molecular flexibility index (Phi) is 8.20. The number of aromatic nitrogens is 2.